The molecule has 122 valence electrons. The third-order valence-corrected chi connectivity index (χ3v) is 4.43. The molecule has 6 heteroatoms. The predicted octanol–water partition coefficient (Wildman–Crippen LogP) is 3.87. The molecule has 1 aliphatic heterocycles. The van der Waals surface area contributed by atoms with E-state index < -0.39 is 0 Å². The fraction of sp³-hybridized carbons (Fsp3) is 0.294. The minimum absolute atomic E-state index is 0.00581. The zero-order valence-electron chi connectivity index (χ0n) is 13.4. The third kappa shape index (κ3) is 3.95. The molecule has 0 atom stereocenters. The molecule has 0 saturated carbocycles. The molecule has 1 saturated heterocycles. The number of hydrogen-bond acceptors (Lipinski definition) is 5. The summed E-state index contributed by atoms with van der Waals surface area (Å²) in [4.78, 5) is 14.5. The van der Waals surface area contributed by atoms with Gasteiger partial charge in [-0.25, -0.2) is 0 Å². The Morgan fingerprint density at radius 2 is 2.17 bits per heavy atom. The normalized spacial score (nSPS) is 16.3. The van der Waals surface area contributed by atoms with Gasteiger partial charge in [-0.1, -0.05) is 42.2 Å². The number of benzene rings is 1. The molecule has 2 rings (SSSR count). The van der Waals surface area contributed by atoms with Crippen molar-refractivity contribution in [2.24, 2.45) is 0 Å². The minimum atomic E-state index is -0.113. The number of carbonyl (C=O) groups is 1. The lowest BCUT2D eigenvalue weighted by molar-refractivity contribution is -0.121. The monoisotopic (exact) mass is 349 g/mol. The average molecular weight is 349 g/mol. The van der Waals surface area contributed by atoms with E-state index in [2.05, 4.69) is 6.58 Å². The highest BCUT2D eigenvalue weighted by molar-refractivity contribution is 8.26. The molecule has 1 amide bonds. The predicted molar refractivity (Wildman–Crippen MR) is 98.8 cm³/mol. The van der Waals surface area contributed by atoms with Crippen molar-refractivity contribution >= 4 is 40.3 Å². The van der Waals surface area contributed by atoms with Crippen molar-refractivity contribution in [3.05, 3.63) is 41.3 Å². The van der Waals surface area contributed by atoms with E-state index in [1.807, 2.05) is 32.0 Å². The zero-order valence-corrected chi connectivity index (χ0v) is 15.0. The molecular weight excluding hydrogens is 330 g/mol. The van der Waals surface area contributed by atoms with E-state index in [1.54, 1.807) is 19.3 Å². The van der Waals surface area contributed by atoms with Crippen LogP contribution in [0.25, 0.3) is 6.08 Å². The number of nitrogens with zero attached hydrogens (tertiary/aromatic N) is 1. The Morgan fingerprint density at radius 3 is 2.78 bits per heavy atom. The number of thiocarbonyl (C=S) groups is 1. The second-order valence-corrected chi connectivity index (χ2v) is 6.80. The lowest BCUT2D eigenvalue weighted by Crippen LogP contribution is -2.27. The number of hydrogen-bond donors (Lipinski definition) is 0. The first-order valence-electron chi connectivity index (χ1n) is 7.17. The van der Waals surface area contributed by atoms with Gasteiger partial charge in [-0.2, -0.15) is 0 Å². The molecule has 4 nitrogen and oxygen atoms in total. The summed E-state index contributed by atoms with van der Waals surface area (Å²) >= 11 is 6.53. The molecule has 23 heavy (non-hydrogen) atoms. The van der Waals surface area contributed by atoms with Gasteiger partial charge in [0.15, 0.2) is 11.5 Å². The van der Waals surface area contributed by atoms with Gasteiger partial charge in [-0.15, -0.1) is 6.58 Å². The van der Waals surface area contributed by atoms with Crippen molar-refractivity contribution in [2.45, 2.75) is 20.0 Å². The molecule has 1 aromatic rings. The van der Waals surface area contributed by atoms with Gasteiger partial charge in [0.2, 0.25) is 0 Å². The Labute approximate surface area is 146 Å². The van der Waals surface area contributed by atoms with Gasteiger partial charge in [0, 0.05) is 12.1 Å². The van der Waals surface area contributed by atoms with Crippen LogP contribution in [0.15, 0.2) is 35.8 Å². The quantitative estimate of drug-likeness (QED) is 0.443. The van der Waals surface area contributed by atoms with Crippen LogP contribution in [0.1, 0.15) is 19.4 Å². The van der Waals surface area contributed by atoms with Crippen molar-refractivity contribution < 1.29 is 14.3 Å². The topological polar surface area (TPSA) is 38.8 Å². The summed E-state index contributed by atoms with van der Waals surface area (Å²) in [6, 6.07) is 5.58. The Hall–Kier alpha value is -1.79. The molecule has 0 N–H and O–H groups in total. The molecule has 1 fully saturated rings. The van der Waals surface area contributed by atoms with Crippen molar-refractivity contribution in [2.75, 3.05) is 13.7 Å². The summed E-state index contributed by atoms with van der Waals surface area (Å²) in [5, 5.41) is 0. The number of rotatable bonds is 6. The van der Waals surface area contributed by atoms with Crippen molar-refractivity contribution in [1.29, 1.82) is 0 Å². The molecule has 0 spiro atoms. The molecule has 1 aliphatic rings. The summed E-state index contributed by atoms with van der Waals surface area (Å²) in [6.45, 7) is 7.95. The van der Waals surface area contributed by atoms with Crippen LogP contribution in [-0.4, -0.2) is 34.9 Å². The molecular formula is C17H19NO3S2. The van der Waals surface area contributed by atoms with Crippen molar-refractivity contribution in [3.8, 4) is 11.5 Å². The van der Waals surface area contributed by atoms with E-state index in [-0.39, 0.29) is 12.0 Å². The number of amides is 1. The Morgan fingerprint density at radius 1 is 1.43 bits per heavy atom. The molecule has 0 aliphatic carbocycles. The minimum Gasteiger partial charge on any atom is -0.493 e. The van der Waals surface area contributed by atoms with E-state index >= 15 is 0 Å². The fourth-order valence-electron chi connectivity index (χ4n) is 2.10. The summed E-state index contributed by atoms with van der Waals surface area (Å²) in [6.07, 6.45) is 3.45. The van der Waals surface area contributed by atoms with Crippen LogP contribution < -0.4 is 9.47 Å². The largest absolute Gasteiger partial charge is 0.493 e. The highest BCUT2D eigenvalue weighted by atomic mass is 32.2. The van der Waals surface area contributed by atoms with Crippen LogP contribution in [0.5, 0.6) is 11.5 Å². The van der Waals surface area contributed by atoms with Crippen LogP contribution in [0, 0.1) is 0 Å². The van der Waals surface area contributed by atoms with Gasteiger partial charge in [0.25, 0.3) is 5.91 Å². The second kappa shape index (κ2) is 7.66. The first kappa shape index (κ1) is 17.6. The molecule has 0 radical (unpaired) electrons. The van der Waals surface area contributed by atoms with Gasteiger partial charge in [0.1, 0.15) is 4.32 Å². The van der Waals surface area contributed by atoms with Gasteiger partial charge in [-0.3, -0.25) is 9.69 Å². The Bertz CT molecular complexity index is 668. The number of methoxy groups -OCH3 is 1. The van der Waals surface area contributed by atoms with E-state index in [4.69, 9.17) is 21.7 Å². The summed E-state index contributed by atoms with van der Waals surface area (Å²) < 4.78 is 11.8. The van der Waals surface area contributed by atoms with Crippen LogP contribution in [0.4, 0.5) is 0 Å². The Balaban J connectivity index is 2.41. The van der Waals surface area contributed by atoms with Gasteiger partial charge < -0.3 is 9.47 Å². The first-order chi connectivity index (χ1) is 11.0. The lowest BCUT2D eigenvalue weighted by atomic mass is 10.1. The highest BCUT2D eigenvalue weighted by Gasteiger charge is 2.31. The van der Waals surface area contributed by atoms with Crippen molar-refractivity contribution in [3.63, 3.8) is 0 Å². The molecule has 0 bridgehead atoms. The smallest absolute Gasteiger partial charge is 0.266 e. The van der Waals surface area contributed by atoms with Gasteiger partial charge in [-0.05, 0) is 26.0 Å². The summed E-state index contributed by atoms with van der Waals surface area (Å²) in [7, 11) is 1.59. The van der Waals surface area contributed by atoms with Gasteiger partial charge in [0.05, 0.1) is 18.1 Å². The number of para-hydroxylation sites is 1. The van der Waals surface area contributed by atoms with E-state index in [0.29, 0.717) is 27.3 Å². The lowest BCUT2D eigenvalue weighted by Gasteiger charge is -2.16. The highest BCUT2D eigenvalue weighted by Crippen LogP contribution is 2.37. The van der Waals surface area contributed by atoms with Crippen LogP contribution in [0.2, 0.25) is 0 Å². The maximum atomic E-state index is 12.4. The zero-order chi connectivity index (χ0) is 17.0. The first-order valence-corrected chi connectivity index (χ1v) is 8.40. The van der Waals surface area contributed by atoms with E-state index in [9.17, 15) is 4.79 Å². The molecule has 0 unspecified atom stereocenters. The van der Waals surface area contributed by atoms with Crippen molar-refractivity contribution in [1.82, 2.24) is 4.90 Å². The van der Waals surface area contributed by atoms with E-state index in [1.165, 1.54) is 16.7 Å². The van der Waals surface area contributed by atoms with E-state index in [0.717, 1.165) is 5.56 Å². The number of thioether (sulfide) groups is 1. The molecule has 1 heterocycles. The summed E-state index contributed by atoms with van der Waals surface area (Å²) in [5.74, 6) is 1.14. The number of ether oxygens (including phenoxy) is 2. The molecule has 1 aromatic carbocycles. The maximum Gasteiger partial charge on any atom is 0.266 e. The van der Waals surface area contributed by atoms with Crippen LogP contribution in [0.3, 0.4) is 0 Å². The SMILES string of the molecule is C=CCN1C(=O)/C(=C/c2cccc(OC)c2OC(C)C)SC1=S. The standard InChI is InChI=1S/C17H19NO3S2/c1-5-9-18-16(19)14(23-17(18)22)10-12-7-6-8-13(20-4)15(12)21-11(2)3/h5-8,10-11H,1,9H2,2-4H3/b14-10-. The number of carbonyl (C=O) groups excluding carboxylic acids is 1. The van der Waals surface area contributed by atoms with Crippen LogP contribution >= 0.6 is 24.0 Å². The summed E-state index contributed by atoms with van der Waals surface area (Å²) in [5.41, 5.74) is 0.789. The second-order valence-electron chi connectivity index (χ2n) is 5.13. The van der Waals surface area contributed by atoms with Crippen LogP contribution in [-0.2, 0) is 4.79 Å². The molecule has 0 aromatic heterocycles. The fourth-order valence-corrected chi connectivity index (χ4v) is 3.36. The van der Waals surface area contributed by atoms with Gasteiger partial charge >= 0.3 is 0 Å². The Kier molecular flexibility index (Phi) is 5.85. The maximum absolute atomic E-state index is 12.4. The third-order valence-electron chi connectivity index (χ3n) is 3.05. The average Bonchev–Trinajstić information content (AvgIpc) is 2.76.